The number of halogens is 13. The van der Waals surface area contributed by atoms with Crippen molar-refractivity contribution >= 4 is 11.9 Å². The number of nitrogens with one attached hydrogen (secondary N) is 1. The number of carbonyl (C=O) groups is 2. The van der Waals surface area contributed by atoms with Gasteiger partial charge in [0, 0.05) is 12.8 Å². The summed E-state index contributed by atoms with van der Waals surface area (Å²) in [6, 6.07) is 4.30. The summed E-state index contributed by atoms with van der Waals surface area (Å²) in [5.74, 6) is -39.3. The van der Waals surface area contributed by atoms with Crippen LogP contribution in [0.25, 0.3) is 0 Å². The van der Waals surface area contributed by atoms with E-state index < -0.39 is 72.1 Å². The molecule has 38 heavy (non-hydrogen) atoms. The van der Waals surface area contributed by atoms with Crippen LogP contribution in [0.1, 0.15) is 45.2 Å². The molecule has 0 fully saturated rings. The van der Waals surface area contributed by atoms with Gasteiger partial charge in [-0.15, -0.1) is 0 Å². The highest BCUT2D eigenvalue weighted by atomic mass is 19.4. The van der Waals surface area contributed by atoms with Crippen LogP contribution >= 0.6 is 0 Å². The van der Waals surface area contributed by atoms with Gasteiger partial charge in [0.25, 0.3) is 0 Å². The molecule has 1 N–H and O–H groups in total. The summed E-state index contributed by atoms with van der Waals surface area (Å²) in [6.45, 7) is 4.15. The van der Waals surface area contributed by atoms with E-state index in [1.807, 2.05) is 5.32 Å². The summed E-state index contributed by atoms with van der Waals surface area (Å²) in [5, 5.41) is 1.92. The normalized spacial score (nSPS) is 15.2. The van der Waals surface area contributed by atoms with Crippen molar-refractivity contribution in [1.82, 2.24) is 5.32 Å². The fraction of sp³-hybridized carbons (Fsp3) is 0.619. The second kappa shape index (κ2) is 10.4. The van der Waals surface area contributed by atoms with Crippen LogP contribution in [0.2, 0.25) is 0 Å². The summed E-state index contributed by atoms with van der Waals surface area (Å²) in [4.78, 5) is 24.5. The van der Waals surface area contributed by atoms with E-state index in [0.29, 0.717) is 0 Å². The Kier molecular flexibility index (Phi) is 9.13. The maximum atomic E-state index is 14.1. The Balaban J connectivity index is 3.27. The quantitative estimate of drug-likeness (QED) is 0.294. The zero-order valence-corrected chi connectivity index (χ0v) is 19.5. The van der Waals surface area contributed by atoms with Crippen LogP contribution in [0.5, 0.6) is 0 Å². The number of hydrogen-bond donors (Lipinski definition) is 1. The van der Waals surface area contributed by atoms with Crippen molar-refractivity contribution in [3.05, 3.63) is 35.9 Å². The summed E-state index contributed by atoms with van der Waals surface area (Å²) in [7, 11) is 0. The number of ketones is 1. The lowest BCUT2D eigenvalue weighted by molar-refractivity contribution is -0.440. The second-order valence-corrected chi connectivity index (χ2v) is 8.96. The van der Waals surface area contributed by atoms with Crippen LogP contribution in [0, 0.1) is 0 Å². The molecule has 0 aromatic heterocycles. The second-order valence-electron chi connectivity index (χ2n) is 8.96. The molecule has 0 bridgehead atoms. The van der Waals surface area contributed by atoms with E-state index in [9.17, 15) is 66.7 Å². The third-order valence-corrected chi connectivity index (χ3v) is 4.80. The van der Waals surface area contributed by atoms with Crippen LogP contribution in [-0.4, -0.2) is 53.3 Å². The Morgan fingerprint density at radius 1 is 0.737 bits per heavy atom. The van der Waals surface area contributed by atoms with E-state index in [2.05, 4.69) is 0 Å². The van der Waals surface area contributed by atoms with Gasteiger partial charge in [-0.25, -0.2) is 4.79 Å². The van der Waals surface area contributed by atoms with E-state index in [1.165, 1.54) is 39.0 Å². The molecule has 1 atom stereocenters. The molecule has 0 aliphatic heterocycles. The maximum Gasteiger partial charge on any atom is 0.460 e. The van der Waals surface area contributed by atoms with Crippen molar-refractivity contribution in [3.8, 4) is 0 Å². The van der Waals surface area contributed by atoms with E-state index in [-0.39, 0.29) is 5.56 Å². The van der Waals surface area contributed by atoms with Gasteiger partial charge in [-0.2, -0.15) is 57.1 Å². The number of alkyl carbamates (subject to hydrolysis) is 1. The average molecular weight is 581 g/mol. The van der Waals surface area contributed by atoms with Crippen molar-refractivity contribution in [2.24, 2.45) is 0 Å². The van der Waals surface area contributed by atoms with Crippen molar-refractivity contribution in [3.63, 3.8) is 0 Å². The first-order valence-corrected chi connectivity index (χ1v) is 10.3. The van der Waals surface area contributed by atoms with Crippen molar-refractivity contribution in [2.45, 2.75) is 81.0 Å². The number of amides is 1. The molecule has 17 heteroatoms. The van der Waals surface area contributed by atoms with E-state index in [0.717, 1.165) is 12.1 Å². The third kappa shape index (κ3) is 6.45. The SMILES string of the molecule is CC(C)(C)OC(=O)N[C@@H](C(=O)CCC(F)(F)C(F)(F)C(F)(F)C(F)(F)C(F)(F)C(F)(F)F)c1ccccc1. The molecular weight excluding hydrogens is 561 g/mol. The molecule has 1 aromatic carbocycles. The average Bonchev–Trinajstić information content (AvgIpc) is 2.74. The van der Waals surface area contributed by atoms with Gasteiger partial charge in [-0.05, 0) is 26.3 Å². The van der Waals surface area contributed by atoms with Gasteiger partial charge in [0.2, 0.25) is 0 Å². The number of benzene rings is 1. The van der Waals surface area contributed by atoms with Crippen LogP contribution in [0.15, 0.2) is 30.3 Å². The molecule has 0 saturated carbocycles. The van der Waals surface area contributed by atoms with E-state index >= 15 is 0 Å². The van der Waals surface area contributed by atoms with E-state index in [1.54, 1.807) is 0 Å². The summed E-state index contributed by atoms with van der Waals surface area (Å²) >= 11 is 0. The maximum absolute atomic E-state index is 14.1. The molecule has 0 saturated heterocycles. The zero-order valence-electron chi connectivity index (χ0n) is 19.5. The molecule has 0 aliphatic rings. The lowest BCUT2D eigenvalue weighted by atomic mass is 9.90. The number of rotatable bonds is 10. The summed E-state index contributed by atoms with van der Waals surface area (Å²) in [5.41, 5.74) is -1.31. The molecular formula is C21H20F13NO3. The van der Waals surface area contributed by atoms with Gasteiger partial charge in [0.15, 0.2) is 5.78 Å². The number of Topliss-reactive ketones (excluding diaryl/α,β-unsaturated/α-hetero) is 1. The van der Waals surface area contributed by atoms with Crippen molar-refractivity contribution in [1.29, 1.82) is 0 Å². The van der Waals surface area contributed by atoms with Gasteiger partial charge < -0.3 is 10.1 Å². The van der Waals surface area contributed by atoms with Gasteiger partial charge in [0.1, 0.15) is 11.6 Å². The summed E-state index contributed by atoms with van der Waals surface area (Å²) < 4.78 is 177. The molecule has 0 unspecified atom stereocenters. The summed E-state index contributed by atoms with van der Waals surface area (Å²) in [6.07, 6.45) is -13.4. The van der Waals surface area contributed by atoms with Crippen LogP contribution in [-0.2, 0) is 9.53 Å². The minimum Gasteiger partial charge on any atom is -0.444 e. The molecule has 1 aromatic rings. The molecule has 0 aliphatic carbocycles. The first-order chi connectivity index (χ1) is 16.7. The Labute approximate surface area is 206 Å². The molecule has 1 amide bonds. The van der Waals surface area contributed by atoms with Gasteiger partial charge in [-0.3, -0.25) is 4.79 Å². The molecule has 0 radical (unpaired) electrons. The minimum atomic E-state index is -8.03. The lowest BCUT2D eigenvalue weighted by Gasteiger charge is -2.39. The first-order valence-electron chi connectivity index (χ1n) is 10.3. The highest BCUT2D eigenvalue weighted by molar-refractivity contribution is 5.88. The molecule has 0 spiro atoms. The van der Waals surface area contributed by atoms with Crippen LogP contribution in [0.4, 0.5) is 61.9 Å². The minimum absolute atomic E-state index is 0.153. The van der Waals surface area contributed by atoms with E-state index in [4.69, 9.17) is 4.74 Å². The number of alkyl halides is 13. The predicted molar refractivity (Wildman–Crippen MR) is 104 cm³/mol. The largest absolute Gasteiger partial charge is 0.460 e. The molecule has 1 rings (SSSR count). The van der Waals surface area contributed by atoms with Crippen LogP contribution < -0.4 is 5.32 Å². The standard InChI is InChI=1S/C21H20F13NO3/c1-15(2,3)38-14(37)35-13(11-7-5-4-6-8-11)12(36)9-10-16(22,23)17(24,25)18(26,27)19(28,29)20(30,31)21(32,33)34/h4-8,13H,9-10H2,1-3H3,(H,35,37)/t13-/m1/s1. The number of carbonyl (C=O) groups excluding carboxylic acids is 2. The lowest BCUT2D eigenvalue weighted by Crippen LogP contribution is -2.70. The fourth-order valence-corrected chi connectivity index (χ4v) is 2.80. The number of hydrogen-bond acceptors (Lipinski definition) is 3. The Morgan fingerprint density at radius 3 is 1.61 bits per heavy atom. The van der Waals surface area contributed by atoms with Gasteiger partial charge in [-0.1, -0.05) is 30.3 Å². The van der Waals surface area contributed by atoms with Crippen molar-refractivity contribution < 1.29 is 71.4 Å². The van der Waals surface area contributed by atoms with Crippen LogP contribution in [0.3, 0.4) is 0 Å². The monoisotopic (exact) mass is 581 g/mol. The first kappa shape index (κ1) is 33.3. The zero-order chi connectivity index (χ0) is 30.2. The topological polar surface area (TPSA) is 55.4 Å². The fourth-order valence-electron chi connectivity index (χ4n) is 2.80. The highest BCUT2D eigenvalue weighted by Crippen LogP contribution is 2.60. The molecule has 218 valence electrons. The number of ether oxygens (including phenoxy) is 1. The Hall–Kier alpha value is -2.75. The smallest absolute Gasteiger partial charge is 0.444 e. The highest BCUT2D eigenvalue weighted by Gasteiger charge is 2.90. The Morgan fingerprint density at radius 2 is 1.18 bits per heavy atom. The Bertz CT molecular complexity index is 986. The van der Waals surface area contributed by atoms with Gasteiger partial charge in [0.05, 0.1) is 0 Å². The molecule has 4 nitrogen and oxygen atoms in total. The van der Waals surface area contributed by atoms with Gasteiger partial charge >= 0.3 is 41.9 Å². The third-order valence-electron chi connectivity index (χ3n) is 4.80. The predicted octanol–water partition coefficient (Wildman–Crippen LogP) is 7.34. The van der Waals surface area contributed by atoms with Crippen molar-refractivity contribution in [2.75, 3.05) is 0 Å². The molecule has 0 heterocycles.